The Kier molecular flexibility index (Phi) is 4.93. The lowest BCUT2D eigenvalue weighted by molar-refractivity contribution is 0.0956. The fourth-order valence-electron chi connectivity index (χ4n) is 3.10. The van der Waals surface area contributed by atoms with Crippen LogP contribution >= 0.6 is 0 Å². The van der Waals surface area contributed by atoms with Crippen LogP contribution in [0.15, 0.2) is 18.2 Å². The van der Waals surface area contributed by atoms with Crippen molar-refractivity contribution < 1.29 is 9.53 Å². The molecule has 0 fully saturated rings. The highest BCUT2D eigenvalue weighted by molar-refractivity contribution is 5.97. The molecule has 0 unspecified atom stereocenters. The van der Waals surface area contributed by atoms with E-state index in [9.17, 15) is 4.79 Å². The third-order valence-corrected chi connectivity index (χ3v) is 4.25. The summed E-state index contributed by atoms with van der Waals surface area (Å²) in [5.74, 6) is 1.04. The molecule has 6 heteroatoms. The molecule has 23 heavy (non-hydrogen) atoms. The smallest absolute Gasteiger partial charge is 0.251 e. The Morgan fingerprint density at radius 2 is 2.26 bits per heavy atom. The van der Waals surface area contributed by atoms with Crippen molar-refractivity contribution in [3.05, 3.63) is 29.6 Å². The highest BCUT2D eigenvalue weighted by atomic mass is 16.5. The summed E-state index contributed by atoms with van der Waals surface area (Å²) in [4.78, 5) is 19.1. The van der Waals surface area contributed by atoms with E-state index in [0.29, 0.717) is 12.1 Å². The van der Waals surface area contributed by atoms with E-state index in [-0.39, 0.29) is 5.91 Å². The maximum Gasteiger partial charge on any atom is 0.251 e. The highest BCUT2D eigenvalue weighted by Gasteiger charge is 2.20. The van der Waals surface area contributed by atoms with Crippen LogP contribution in [0.1, 0.15) is 29.5 Å². The normalized spacial score (nSPS) is 14.9. The van der Waals surface area contributed by atoms with E-state index in [0.717, 1.165) is 56.1 Å². The standard InChI is InChI=1S/C17H24N4O2/c1-3-18-17(22)13-5-6-15-14(11-13)19-16-12-20(7-4-10-23-2)8-9-21(15)16/h5-6,11H,3-4,7-10,12H2,1-2H3,(H,18,22). The monoisotopic (exact) mass is 316 g/mol. The van der Waals surface area contributed by atoms with Crippen LogP contribution in [-0.2, 0) is 17.8 Å². The second kappa shape index (κ2) is 7.10. The SMILES string of the molecule is CCNC(=O)c1ccc2c(c1)nc1n2CCN(CCCOC)C1. The molecule has 0 bridgehead atoms. The lowest BCUT2D eigenvalue weighted by Gasteiger charge is -2.27. The molecule has 1 amide bonds. The van der Waals surface area contributed by atoms with E-state index in [4.69, 9.17) is 9.72 Å². The summed E-state index contributed by atoms with van der Waals surface area (Å²) < 4.78 is 7.39. The molecule has 2 heterocycles. The average molecular weight is 316 g/mol. The number of nitrogens with one attached hydrogen (secondary N) is 1. The van der Waals surface area contributed by atoms with Crippen molar-refractivity contribution in [2.24, 2.45) is 0 Å². The van der Waals surface area contributed by atoms with Gasteiger partial charge in [0.1, 0.15) is 5.82 Å². The molecule has 2 aromatic rings. The van der Waals surface area contributed by atoms with Gasteiger partial charge >= 0.3 is 0 Å². The minimum atomic E-state index is -0.0402. The number of fused-ring (bicyclic) bond motifs is 3. The molecule has 0 atom stereocenters. The number of nitrogens with zero attached hydrogens (tertiary/aromatic N) is 3. The maximum absolute atomic E-state index is 12.0. The number of aromatic nitrogens is 2. The first-order chi connectivity index (χ1) is 11.2. The molecule has 1 N–H and O–H groups in total. The van der Waals surface area contributed by atoms with Crippen LogP contribution in [0.5, 0.6) is 0 Å². The quantitative estimate of drug-likeness (QED) is 0.823. The molecule has 1 aromatic heterocycles. The van der Waals surface area contributed by atoms with Crippen LogP contribution in [0.3, 0.4) is 0 Å². The largest absolute Gasteiger partial charge is 0.385 e. The molecule has 124 valence electrons. The third kappa shape index (κ3) is 3.38. The van der Waals surface area contributed by atoms with Gasteiger partial charge in [0.05, 0.1) is 17.6 Å². The van der Waals surface area contributed by atoms with Gasteiger partial charge in [-0.15, -0.1) is 0 Å². The number of carbonyl (C=O) groups is 1. The van der Waals surface area contributed by atoms with E-state index in [1.807, 2.05) is 25.1 Å². The Labute approximate surface area is 136 Å². The minimum absolute atomic E-state index is 0.0402. The number of carbonyl (C=O) groups excluding carboxylic acids is 1. The second-order valence-corrected chi connectivity index (χ2v) is 5.87. The first-order valence-corrected chi connectivity index (χ1v) is 8.21. The number of imidazole rings is 1. The van der Waals surface area contributed by atoms with Gasteiger partial charge < -0.3 is 14.6 Å². The van der Waals surface area contributed by atoms with Crippen molar-refractivity contribution in [2.45, 2.75) is 26.4 Å². The molecule has 0 saturated heterocycles. The lowest BCUT2D eigenvalue weighted by Crippen LogP contribution is -2.34. The van der Waals surface area contributed by atoms with E-state index in [2.05, 4.69) is 14.8 Å². The van der Waals surface area contributed by atoms with Crippen molar-refractivity contribution in [2.75, 3.05) is 33.4 Å². The maximum atomic E-state index is 12.0. The molecule has 6 nitrogen and oxygen atoms in total. The Bertz CT molecular complexity index is 695. The molecule has 1 aliphatic rings. The molecular formula is C17H24N4O2. The van der Waals surface area contributed by atoms with Gasteiger partial charge in [0.15, 0.2) is 0 Å². The molecule has 1 aromatic carbocycles. The van der Waals surface area contributed by atoms with Crippen molar-refractivity contribution >= 4 is 16.9 Å². The zero-order chi connectivity index (χ0) is 16.2. The Hall–Kier alpha value is -1.92. The van der Waals surface area contributed by atoms with Gasteiger partial charge in [-0.2, -0.15) is 0 Å². The predicted octanol–water partition coefficient (Wildman–Crippen LogP) is 1.64. The Balaban J connectivity index is 1.79. The second-order valence-electron chi connectivity index (χ2n) is 5.87. The minimum Gasteiger partial charge on any atom is -0.385 e. The van der Waals surface area contributed by atoms with Crippen molar-refractivity contribution in [1.82, 2.24) is 19.8 Å². The molecule has 1 aliphatic heterocycles. The van der Waals surface area contributed by atoms with Gasteiger partial charge in [-0.25, -0.2) is 4.98 Å². The van der Waals surface area contributed by atoms with E-state index in [1.165, 1.54) is 0 Å². The zero-order valence-corrected chi connectivity index (χ0v) is 13.8. The first-order valence-electron chi connectivity index (χ1n) is 8.21. The number of amides is 1. The van der Waals surface area contributed by atoms with Crippen LogP contribution < -0.4 is 5.32 Å². The molecular weight excluding hydrogens is 292 g/mol. The van der Waals surface area contributed by atoms with Gasteiger partial charge in [-0.3, -0.25) is 9.69 Å². The van der Waals surface area contributed by atoms with Crippen LogP contribution in [0.25, 0.3) is 11.0 Å². The molecule has 0 spiro atoms. The number of methoxy groups -OCH3 is 1. The van der Waals surface area contributed by atoms with Crippen molar-refractivity contribution in [1.29, 1.82) is 0 Å². The fraction of sp³-hybridized carbons (Fsp3) is 0.529. The summed E-state index contributed by atoms with van der Waals surface area (Å²) in [7, 11) is 1.74. The number of hydrogen-bond acceptors (Lipinski definition) is 4. The number of hydrogen-bond donors (Lipinski definition) is 1. The third-order valence-electron chi connectivity index (χ3n) is 4.25. The Morgan fingerprint density at radius 1 is 1.39 bits per heavy atom. The van der Waals surface area contributed by atoms with Crippen LogP contribution in [0.2, 0.25) is 0 Å². The summed E-state index contributed by atoms with van der Waals surface area (Å²) in [6, 6.07) is 5.78. The summed E-state index contributed by atoms with van der Waals surface area (Å²) >= 11 is 0. The van der Waals surface area contributed by atoms with Gasteiger partial charge in [0, 0.05) is 45.5 Å². The topological polar surface area (TPSA) is 59.4 Å². The first kappa shape index (κ1) is 16.0. The van der Waals surface area contributed by atoms with Gasteiger partial charge in [0.25, 0.3) is 5.91 Å². The van der Waals surface area contributed by atoms with E-state index >= 15 is 0 Å². The zero-order valence-electron chi connectivity index (χ0n) is 13.8. The van der Waals surface area contributed by atoms with Gasteiger partial charge in [-0.05, 0) is 31.5 Å². The fourth-order valence-corrected chi connectivity index (χ4v) is 3.10. The molecule has 0 radical (unpaired) electrons. The van der Waals surface area contributed by atoms with Crippen molar-refractivity contribution in [3.8, 4) is 0 Å². The van der Waals surface area contributed by atoms with Gasteiger partial charge in [0.2, 0.25) is 0 Å². The summed E-state index contributed by atoms with van der Waals surface area (Å²) in [5, 5.41) is 2.83. The Morgan fingerprint density at radius 3 is 3.04 bits per heavy atom. The lowest BCUT2D eigenvalue weighted by atomic mass is 10.2. The summed E-state index contributed by atoms with van der Waals surface area (Å²) in [6.45, 7) is 7.20. The number of benzene rings is 1. The van der Waals surface area contributed by atoms with E-state index < -0.39 is 0 Å². The molecule has 0 aliphatic carbocycles. The molecule has 3 rings (SSSR count). The van der Waals surface area contributed by atoms with E-state index in [1.54, 1.807) is 7.11 Å². The summed E-state index contributed by atoms with van der Waals surface area (Å²) in [6.07, 6.45) is 1.04. The van der Waals surface area contributed by atoms with Crippen molar-refractivity contribution in [3.63, 3.8) is 0 Å². The number of rotatable bonds is 6. The summed E-state index contributed by atoms with van der Waals surface area (Å²) in [5.41, 5.74) is 2.69. The average Bonchev–Trinajstić information content (AvgIpc) is 2.92. The number of ether oxygens (including phenoxy) is 1. The highest BCUT2D eigenvalue weighted by Crippen LogP contribution is 2.22. The van der Waals surface area contributed by atoms with Crippen LogP contribution in [-0.4, -0.2) is 53.7 Å². The van der Waals surface area contributed by atoms with Crippen LogP contribution in [0.4, 0.5) is 0 Å². The van der Waals surface area contributed by atoms with Gasteiger partial charge in [-0.1, -0.05) is 0 Å². The predicted molar refractivity (Wildman–Crippen MR) is 89.5 cm³/mol. The van der Waals surface area contributed by atoms with Crippen LogP contribution in [0, 0.1) is 0 Å². The molecule has 0 saturated carbocycles.